The molecule has 40 heavy (non-hydrogen) atoms. The van der Waals surface area contributed by atoms with Gasteiger partial charge in [0.15, 0.2) is 11.6 Å². The molecule has 0 spiro atoms. The van der Waals surface area contributed by atoms with Crippen LogP contribution >= 0.6 is 0 Å². The number of hydrogen-bond acceptors (Lipinski definition) is 4. The van der Waals surface area contributed by atoms with E-state index in [0.29, 0.717) is 17.6 Å². The summed E-state index contributed by atoms with van der Waals surface area (Å²) in [5.41, 5.74) is 11.3. The third-order valence-corrected chi connectivity index (χ3v) is 8.72. The average molecular weight is 517 g/mol. The molecule has 0 saturated carbocycles. The summed E-state index contributed by atoms with van der Waals surface area (Å²) in [6.07, 6.45) is 3.36. The van der Waals surface area contributed by atoms with Crippen molar-refractivity contribution < 1.29 is 0 Å². The Labute approximate surface area is 234 Å². The van der Waals surface area contributed by atoms with E-state index in [9.17, 15) is 0 Å². The molecule has 5 aromatic rings. The summed E-state index contributed by atoms with van der Waals surface area (Å²) in [6.45, 7) is 4.73. The maximum absolute atomic E-state index is 5.12. The largest absolute Gasteiger partial charge is 0.302 e. The summed E-state index contributed by atoms with van der Waals surface area (Å²) >= 11 is 0. The van der Waals surface area contributed by atoms with Crippen LogP contribution in [0.4, 0.5) is 11.6 Å². The van der Waals surface area contributed by atoms with Gasteiger partial charge in [0.05, 0.1) is 11.7 Å². The fourth-order valence-corrected chi connectivity index (χ4v) is 6.75. The van der Waals surface area contributed by atoms with Gasteiger partial charge in [0.2, 0.25) is 5.95 Å². The second kappa shape index (κ2) is 8.59. The van der Waals surface area contributed by atoms with Gasteiger partial charge in [0.1, 0.15) is 0 Å². The Bertz CT molecular complexity index is 1790. The maximum Gasteiger partial charge on any atom is 0.234 e. The van der Waals surface area contributed by atoms with Gasteiger partial charge in [-0.1, -0.05) is 117 Å². The van der Waals surface area contributed by atoms with Crippen molar-refractivity contribution in [3.8, 4) is 22.8 Å². The van der Waals surface area contributed by atoms with Gasteiger partial charge in [0.25, 0.3) is 0 Å². The lowest BCUT2D eigenvalue weighted by Gasteiger charge is -2.33. The van der Waals surface area contributed by atoms with E-state index in [4.69, 9.17) is 15.0 Å². The number of hydrogen-bond donors (Lipinski definition) is 0. The molecule has 0 N–H and O–H groups in total. The molecule has 3 aliphatic rings. The van der Waals surface area contributed by atoms with Crippen LogP contribution in [0.5, 0.6) is 0 Å². The molecule has 4 aromatic carbocycles. The summed E-state index contributed by atoms with van der Waals surface area (Å²) in [5.74, 6) is 2.05. The lowest BCUT2D eigenvalue weighted by molar-refractivity contribution is 0.590. The summed E-state index contributed by atoms with van der Waals surface area (Å²) in [7, 11) is 0. The Hall–Kier alpha value is -4.83. The SMILES string of the molecule is CC1(C)C2=C(C=C3c4ccccc4N(c4nc(-c5ccccc5)nc(-c5ccccc5)n4)C3C2)c2ccccc21. The average Bonchev–Trinajstić information content (AvgIpc) is 3.45. The van der Waals surface area contributed by atoms with Crippen LogP contribution in [0.15, 0.2) is 121 Å². The molecule has 1 atom stereocenters. The van der Waals surface area contributed by atoms with Gasteiger partial charge >= 0.3 is 0 Å². The molecule has 0 bridgehead atoms. The van der Waals surface area contributed by atoms with E-state index in [-0.39, 0.29) is 11.5 Å². The van der Waals surface area contributed by atoms with Crippen molar-refractivity contribution in [2.24, 2.45) is 0 Å². The molecule has 0 saturated heterocycles. The fraction of sp³-hybridized carbons (Fsp3) is 0.139. The first kappa shape index (κ1) is 23.1. The standard InChI is InChI=1S/C36H28N4/c1-36(2)29-19-11-9-17-25(29)27-21-28-26-18-10-12-20-31(26)40(32(28)22-30(27)36)35-38-33(23-13-5-3-6-14-23)37-34(39-35)24-15-7-4-8-16-24/h3-21,32H,22H2,1-2H3. The number of para-hydroxylation sites is 1. The lowest BCUT2D eigenvalue weighted by atomic mass is 9.76. The quantitative estimate of drug-likeness (QED) is 0.242. The molecular formula is C36H28N4. The highest BCUT2D eigenvalue weighted by atomic mass is 15.3. The molecule has 8 rings (SSSR count). The number of rotatable bonds is 3. The number of allylic oxidation sites excluding steroid dienone is 2. The maximum atomic E-state index is 5.12. The molecule has 0 radical (unpaired) electrons. The Morgan fingerprint density at radius 1 is 0.650 bits per heavy atom. The predicted molar refractivity (Wildman–Crippen MR) is 162 cm³/mol. The van der Waals surface area contributed by atoms with Gasteiger partial charge in [-0.05, 0) is 46.4 Å². The summed E-state index contributed by atoms with van der Waals surface area (Å²) in [5, 5.41) is 0. The minimum atomic E-state index is -0.0299. The molecule has 2 aliphatic carbocycles. The van der Waals surface area contributed by atoms with E-state index in [1.807, 2.05) is 36.4 Å². The van der Waals surface area contributed by atoms with Crippen LogP contribution in [0, 0.1) is 0 Å². The van der Waals surface area contributed by atoms with E-state index < -0.39 is 0 Å². The van der Waals surface area contributed by atoms with Crippen LogP contribution in [-0.4, -0.2) is 21.0 Å². The van der Waals surface area contributed by atoms with Gasteiger partial charge in [-0.25, -0.2) is 4.98 Å². The molecule has 0 amide bonds. The van der Waals surface area contributed by atoms with Crippen LogP contribution in [-0.2, 0) is 5.41 Å². The lowest BCUT2D eigenvalue weighted by Crippen LogP contribution is -2.33. The zero-order valence-corrected chi connectivity index (χ0v) is 22.5. The Morgan fingerprint density at radius 3 is 1.90 bits per heavy atom. The topological polar surface area (TPSA) is 41.9 Å². The van der Waals surface area contributed by atoms with Gasteiger partial charge in [-0.3, -0.25) is 0 Å². The second-order valence-corrected chi connectivity index (χ2v) is 11.3. The number of anilines is 2. The molecule has 2 heterocycles. The highest BCUT2D eigenvalue weighted by molar-refractivity contribution is 6.01. The molecular weight excluding hydrogens is 488 g/mol. The first-order valence-corrected chi connectivity index (χ1v) is 13.9. The van der Waals surface area contributed by atoms with Gasteiger partial charge in [0, 0.05) is 22.1 Å². The van der Waals surface area contributed by atoms with Gasteiger partial charge in [-0.15, -0.1) is 0 Å². The number of benzene rings is 4. The third kappa shape index (κ3) is 3.35. The number of aromatic nitrogens is 3. The molecule has 0 fully saturated rings. The van der Waals surface area contributed by atoms with E-state index >= 15 is 0 Å². The predicted octanol–water partition coefficient (Wildman–Crippen LogP) is 8.26. The van der Waals surface area contributed by atoms with Crippen molar-refractivity contribution >= 4 is 22.8 Å². The van der Waals surface area contributed by atoms with Crippen LogP contribution in [0.3, 0.4) is 0 Å². The molecule has 4 nitrogen and oxygen atoms in total. The van der Waals surface area contributed by atoms with Gasteiger partial charge < -0.3 is 4.90 Å². The van der Waals surface area contributed by atoms with E-state index in [1.165, 1.54) is 33.4 Å². The smallest absolute Gasteiger partial charge is 0.234 e. The van der Waals surface area contributed by atoms with Crippen LogP contribution in [0.1, 0.15) is 37.0 Å². The molecule has 192 valence electrons. The van der Waals surface area contributed by atoms with E-state index in [1.54, 1.807) is 0 Å². The monoisotopic (exact) mass is 516 g/mol. The highest BCUT2D eigenvalue weighted by Gasteiger charge is 2.46. The zero-order chi connectivity index (χ0) is 26.8. The normalized spacial score (nSPS) is 18.1. The van der Waals surface area contributed by atoms with Crippen molar-refractivity contribution in [1.29, 1.82) is 0 Å². The molecule has 1 unspecified atom stereocenters. The van der Waals surface area contributed by atoms with Crippen LogP contribution < -0.4 is 4.90 Å². The summed E-state index contributed by atoms with van der Waals surface area (Å²) < 4.78 is 0. The Morgan fingerprint density at radius 2 is 1.23 bits per heavy atom. The number of nitrogens with zero attached hydrogens (tertiary/aromatic N) is 4. The highest BCUT2D eigenvalue weighted by Crippen LogP contribution is 2.56. The molecule has 1 aromatic heterocycles. The van der Waals surface area contributed by atoms with Crippen molar-refractivity contribution in [3.63, 3.8) is 0 Å². The second-order valence-electron chi connectivity index (χ2n) is 11.3. The molecule has 1 aliphatic heterocycles. The minimum Gasteiger partial charge on any atom is -0.302 e. The van der Waals surface area contributed by atoms with E-state index in [0.717, 1.165) is 23.2 Å². The Kier molecular flexibility index (Phi) is 4.96. The van der Waals surface area contributed by atoms with Crippen LogP contribution in [0.25, 0.3) is 33.9 Å². The number of fused-ring (bicyclic) bond motifs is 5. The summed E-state index contributed by atoms with van der Waals surface area (Å²) in [6, 6.07) is 38.1. The van der Waals surface area contributed by atoms with Gasteiger partial charge in [-0.2, -0.15) is 9.97 Å². The van der Waals surface area contributed by atoms with Crippen LogP contribution in [0.2, 0.25) is 0 Å². The van der Waals surface area contributed by atoms with Crippen molar-refractivity contribution in [1.82, 2.24) is 15.0 Å². The first-order chi connectivity index (χ1) is 19.6. The minimum absolute atomic E-state index is 0.0299. The third-order valence-electron chi connectivity index (χ3n) is 8.72. The summed E-state index contributed by atoms with van der Waals surface area (Å²) in [4.78, 5) is 17.5. The van der Waals surface area contributed by atoms with Crippen molar-refractivity contribution in [2.75, 3.05) is 4.90 Å². The zero-order valence-electron chi connectivity index (χ0n) is 22.5. The van der Waals surface area contributed by atoms with Crippen molar-refractivity contribution in [3.05, 3.63) is 138 Å². The van der Waals surface area contributed by atoms with Crippen molar-refractivity contribution in [2.45, 2.75) is 31.7 Å². The Balaban J connectivity index is 1.33. The van der Waals surface area contributed by atoms with E-state index in [2.05, 4.69) is 97.6 Å². The fourth-order valence-electron chi connectivity index (χ4n) is 6.75. The first-order valence-electron chi connectivity index (χ1n) is 13.9. The molecule has 4 heteroatoms.